The van der Waals surface area contributed by atoms with Crippen LogP contribution in [0.1, 0.15) is 25.0 Å². The van der Waals surface area contributed by atoms with Gasteiger partial charge in [0.15, 0.2) is 8.07 Å². The Balaban J connectivity index is 1.06. The summed E-state index contributed by atoms with van der Waals surface area (Å²) >= 11 is 0. The van der Waals surface area contributed by atoms with Crippen molar-refractivity contribution in [3.63, 3.8) is 0 Å². The average molecular weight is 720 g/mol. The molecule has 262 valence electrons. The van der Waals surface area contributed by atoms with Gasteiger partial charge in [-0.05, 0) is 101 Å². The fourth-order valence-corrected chi connectivity index (χ4v) is 14.1. The maximum atomic E-state index is 2.43. The average Bonchev–Trinajstić information content (AvgIpc) is 3.49. The number of anilines is 3. The third-order valence-electron chi connectivity index (χ3n) is 12.0. The molecule has 0 bridgehead atoms. The summed E-state index contributed by atoms with van der Waals surface area (Å²) in [6, 6.07) is 78.8. The van der Waals surface area contributed by atoms with Crippen LogP contribution in [0.15, 0.2) is 212 Å². The summed E-state index contributed by atoms with van der Waals surface area (Å²) in [5.41, 5.74) is 8.59. The molecule has 10 rings (SSSR count). The summed E-state index contributed by atoms with van der Waals surface area (Å²) < 4.78 is 0. The zero-order valence-electron chi connectivity index (χ0n) is 31.2. The fraction of sp³-hybridized carbons (Fsp3) is 0.0566. The SMILES string of the molecule is CC1(C)c2cccc3ccc4cc(N(c5ccccc5)c5ccc(-c6ccc([Si](c7ccccc7)(c7ccccc7)c7ccccc7)cc6)cc5)cc1c4c23. The smallest absolute Gasteiger partial charge is 0.179 e. The highest BCUT2D eigenvalue weighted by molar-refractivity contribution is 7.19. The van der Waals surface area contributed by atoms with Crippen molar-refractivity contribution in [2.24, 2.45) is 0 Å². The maximum Gasteiger partial charge on any atom is 0.179 e. The molecule has 1 nitrogen and oxygen atoms in total. The molecule has 2 heteroatoms. The van der Waals surface area contributed by atoms with Gasteiger partial charge in [0.2, 0.25) is 0 Å². The Morgan fingerprint density at radius 3 is 1.36 bits per heavy atom. The van der Waals surface area contributed by atoms with Gasteiger partial charge in [0.1, 0.15) is 0 Å². The molecule has 0 saturated carbocycles. The molecule has 0 fully saturated rings. The van der Waals surface area contributed by atoms with Gasteiger partial charge in [-0.1, -0.05) is 190 Å². The lowest BCUT2D eigenvalue weighted by molar-refractivity contribution is 0.663. The number of para-hydroxylation sites is 1. The molecule has 0 amide bonds. The molecule has 0 spiro atoms. The third kappa shape index (κ3) is 5.28. The highest BCUT2D eigenvalue weighted by atomic mass is 28.3. The van der Waals surface area contributed by atoms with Crippen molar-refractivity contribution in [3.8, 4) is 11.1 Å². The predicted octanol–water partition coefficient (Wildman–Crippen LogP) is 11.1. The fourth-order valence-electron chi connectivity index (χ4n) is 9.32. The first-order valence-corrected chi connectivity index (χ1v) is 21.3. The molecule has 0 aromatic heterocycles. The topological polar surface area (TPSA) is 3.24 Å². The van der Waals surface area contributed by atoms with E-state index < -0.39 is 8.07 Å². The van der Waals surface area contributed by atoms with Crippen LogP contribution in [0, 0.1) is 0 Å². The van der Waals surface area contributed by atoms with Crippen molar-refractivity contribution in [2.45, 2.75) is 19.3 Å². The molecule has 0 unspecified atom stereocenters. The summed E-state index contributed by atoms with van der Waals surface area (Å²) in [6.07, 6.45) is 0. The summed E-state index contributed by atoms with van der Waals surface area (Å²) in [5, 5.41) is 10.9. The van der Waals surface area contributed by atoms with Crippen molar-refractivity contribution < 1.29 is 0 Å². The molecule has 9 aromatic rings. The monoisotopic (exact) mass is 719 g/mol. The first-order valence-electron chi connectivity index (χ1n) is 19.3. The van der Waals surface area contributed by atoms with E-state index in [1.807, 2.05) is 0 Å². The molecular weight excluding hydrogens is 679 g/mol. The van der Waals surface area contributed by atoms with Gasteiger partial charge in [0.25, 0.3) is 0 Å². The van der Waals surface area contributed by atoms with Crippen molar-refractivity contribution >= 4 is 67.4 Å². The van der Waals surface area contributed by atoms with Gasteiger partial charge in [-0.15, -0.1) is 0 Å². The molecule has 0 aliphatic heterocycles. The molecule has 0 saturated heterocycles. The van der Waals surface area contributed by atoms with Gasteiger partial charge in [-0.3, -0.25) is 0 Å². The number of hydrogen-bond acceptors (Lipinski definition) is 1. The zero-order chi connectivity index (χ0) is 37.0. The third-order valence-corrected chi connectivity index (χ3v) is 16.8. The van der Waals surface area contributed by atoms with E-state index in [-0.39, 0.29) is 5.41 Å². The van der Waals surface area contributed by atoms with E-state index >= 15 is 0 Å². The van der Waals surface area contributed by atoms with E-state index in [1.54, 1.807) is 0 Å². The normalized spacial score (nSPS) is 13.1. The highest BCUT2D eigenvalue weighted by Gasteiger charge is 2.41. The van der Waals surface area contributed by atoms with E-state index in [2.05, 4.69) is 231 Å². The van der Waals surface area contributed by atoms with Gasteiger partial charge in [0, 0.05) is 22.5 Å². The van der Waals surface area contributed by atoms with Crippen molar-refractivity contribution in [2.75, 3.05) is 4.90 Å². The molecule has 9 aromatic carbocycles. The second-order valence-electron chi connectivity index (χ2n) is 15.3. The van der Waals surface area contributed by atoms with Crippen LogP contribution in [0.4, 0.5) is 17.1 Å². The number of rotatable bonds is 8. The molecule has 1 aliphatic rings. The second-order valence-corrected chi connectivity index (χ2v) is 19.1. The van der Waals surface area contributed by atoms with Crippen molar-refractivity contribution in [1.29, 1.82) is 0 Å². The molecular formula is C53H41NSi. The zero-order valence-corrected chi connectivity index (χ0v) is 32.2. The lowest BCUT2D eigenvalue weighted by Crippen LogP contribution is -2.74. The second kappa shape index (κ2) is 13.1. The number of nitrogens with zero attached hydrogens (tertiary/aromatic N) is 1. The van der Waals surface area contributed by atoms with Crippen LogP contribution in [0.3, 0.4) is 0 Å². The Hall–Kier alpha value is -6.48. The quantitative estimate of drug-likeness (QED) is 0.0859. The van der Waals surface area contributed by atoms with Crippen LogP contribution in [-0.2, 0) is 5.41 Å². The summed E-state index contributed by atoms with van der Waals surface area (Å²) in [4.78, 5) is 2.41. The van der Waals surface area contributed by atoms with E-state index in [0.29, 0.717) is 0 Å². The van der Waals surface area contributed by atoms with E-state index in [9.17, 15) is 0 Å². The Morgan fingerprint density at radius 1 is 0.345 bits per heavy atom. The number of benzene rings is 9. The Labute approximate surface area is 324 Å². The Morgan fingerprint density at radius 2 is 0.800 bits per heavy atom. The van der Waals surface area contributed by atoms with Crippen LogP contribution in [0.2, 0.25) is 0 Å². The van der Waals surface area contributed by atoms with Crippen LogP contribution in [0.5, 0.6) is 0 Å². The standard InChI is InChI=1S/C53H41NSi/c1-53(2)49-25-15-16-40-26-27-41-36-44(37-50(53)52(41)51(40)49)54(42-17-7-3-8-18-42)43-32-28-38(29-33-43)39-30-34-48(35-31-39)55(45-19-9-4-10-20-45,46-21-11-5-12-22-46)47-23-13-6-14-24-47/h3-37H,1-2H3. The Bertz CT molecular complexity index is 2700. The van der Waals surface area contributed by atoms with Crippen LogP contribution >= 0.6 is 0 Å². The highest BCUT2D eigenvalue weighted by Crippen LogP contribution is 2.51. The van der Waals surface area contributed by atoms with Crippen molar-refractivity contribution in [1.82, 2.24) is 0 Å². The maximum absolute atomic E-state index is 2.58. The minimum Gasteiger partial charge on any atom is -0.310 e. The Kier molecular flexibility index (Phi) is 7.90. The predicted molar refractivity (Wildman–Crippen MR) is 237 cm³/mol. The van der Waals surface area contributed by atoms with E-state index in [1.165, 1.54) is 70.2 Å². The minimum absolute atomic E-state index is 0.0855. The van der Waals surface area contributed by atoms with Crippen molar-refractivity contribution in [3.05, 3.63) is 223 Å². The number of hydrogen-bond donors (Lipinski definition) is 0. The molecule has 1 aliphatic carbocycles. The molecule has 0 atom stereocenters. The van der Waals surface area contributed by atoms with Gasteiger partial charge in [0.05, 0.1) is 0 Å². The van der Waals surface area contributed by atoms with E-state index in [4.69, 9.17) is 0 Å². The van der Waals surface area contributed by atoms with Crippen LogP contribution in [-0.4, -0.2) is 8.07 Å². The lowest BCUT2D eigenvalue weighted by atomic mass is 9.81. The molecule has 0 heterocycles. The lowest BCUT2D eigenvalue weighted by Gasteiger charge is -2.34. The largest absolute Gasteiger partial charge is 0.310 e. The van der Waals surface area contributed by atoms with Gasteiger partial charge >= 0.3 is 0 Å². The summed E-state index contributed by atoms with van der Waals surface area (Å²) in [7, 11) is -2.58. The molecule has 55 heavy (non-hydrogen) atoms. The summed E-state index contributed by atoms with van der Waals surface area (Å²) in [6.45, 7) is 4.75. The minimum atomic E-state index is -2.58. The van der Waals surface area contributed by atoms with Gasteiger partial charge in [-0.2, -0.15) is 0 Å². The van der Waals surface area contributed by atoms with Gasteiger partial charge in [-0.25, -0.2) is 0 Å². The summed E-state index contributed by atoms with van der Waals surface area (Å²) in [5.74, 6) is 0. The molecule has 0 N–H and O–H groups in total. The first-order chi connectivity index (χ1) is 27.0. The van der Waals surface area contributed by atoms with E-state index in [0.717, 1.165) is 11.4 Å². The van der Waals surface area contributed by atoms with Gasteiger partial charge < -0.3 is 4.90 Å². The van der Waals surface area contributed by atoms with Crippen LogP contribution < -0.4 is 25.6 Å². The molecule has 0 radical (unpaired) electrons. The van der Waals surface area contributed by atoms with Crippen LogP contribution in [0.25, 0.3) is 32.7 Å². The first kappa shape index (κ1) is 33.1.